The lowest BCUT2D eigenvalue weighted by molar-refractivity contribution is 1.23. The number of hydrogen-bond acceptors (Lipinski definition) is 0. The van der Waals surface area contributed by atoms with Crippen LogP contribution in [0.25, 0.3) is 5.57 Å². The van der Waals surface area contributed by atoms with Crippen LogP contribution in [0.2, 0.25) is 0 Å². The van der Waals surface area contributed by atoms with E-state index in [1.165, 1.54) is 33.4 Å². The van der Waals surface area contributed by atoms with Crippen LogP contribution in [0.4, 0.5) is 0 Å². The Kier molecular flexibility index (Phi) is 5.76. The zero-order valence-corrected chi connectivity index (χ0v) is 14.7. The molecule has 0 heterocycles. The summed E-state index contributed by atoms with van der Waals surface area (Å²) in [4.78, 5) is 0. The molecule has 0 bridgehead atoms. The summed E-state index contributed by atoms with van der Waals surface area (Å²) in [6.45, 7) is 12.6. The van der Waals surface area contributed by atoms with Gasteiger partial charge in [-0.25, -0.2) is 0 Å². The largest absolute Gasteiger partial charge is 0.0955 e. The van der Waals surface area contributed by atoms with Gasteiger partial charge in [0, 0.05) is 0 Å². The fourth-order valence-corrected chi connectivity index (χ4v) is 2.44. The van der Waals surface area contributed by atoms with Gasteiger partial charge in [0.2, 0.25) is 0 Å². The summed E-state index contributed by atoms with van der Waals surface area (Å²) >= 11 is 0. The Labute approximate surface area is 140 Å². The van der Waals surface area contributed by atoms with Crippen LogP contribution in [0.15, 0.2) is 78.4 Å². The molecular formula is C23H26. The highest BCUT2D eigenvalue weighted by Gasteiger charge is 2.00. The summed E-state index contributed by atoms with van der Waals surface area (Å²) in [5.74, 6) is 0. The number of allylic oxidation sites excluding steroid dienone is 5. The van der Waals surface area contributed by atoms with Gasteiger partial charge < -0.3 is 0 Å². The van der Waals surface area contributed by atoms with Crippen molar-refractivity contribution < 1.29 is 0 Å². The summed E-state index contributed by atoms with van der Waals surface area (Å²) in [6, 6.07) is 17.4. The smallest absolute Gasteiger partial charge is 0.00884 e. The van der Waals surface area contributed by atoms with Crippen LogP contribution in [0.1, 0.15) is 36.1 Å². The van der Waals surface area contributed by atoms with E-state index < -0.39 is 0 Å². The van der Waals surface area contributed by atoms with Crippen molar-refractivity contribution >= 4 is 5.57 Å². The molecule has 0 aliphatic rings. The Morgan fingerprint density at radius 3 is 1.91 bits per heavy atom. The second kappa shape index (κ2) is 7.78. The van der Waals surface area contributed by atoms with Gasteiger partial charge in [-0.2, -0.15) is 0 Å². The standard InChI is InChI=1S/C23H26/c1-17(2)23(15-12-21-10-6-18(3)7-11-21)16-20(5)22-13-8-19(4)9-14-22/h6-11,13-16H,1,12H2,2-5H3/b20-16+,23-15+. The number of rotatable bonds is 5. The average Bonchev–Trinajstić information content (AvgIpc) is 2.53. The Hall–Kier alpha value is -2.34. The van der Waals surface area contributed by atoms with E-state index in [4.69, 9.17) is 0 Å². The van der Waals surface area contributed by atoms with Crippen LogP contribution in [-0.4, -0.2) is 0 Å². The van der Waals surface area contributed by atoms with E-state index in [1.54, 1.807) is 0 Å². The minimum Gasteiger partial charge on any atom is -0.0955 e. The molecule has 0 radical (unpaired) electrons. The maximum Gasteiger partial charge on any atom is -0.00884 e. The first-order chi connectivity index (χ1) is 11.0. The third-order valence-corrected chi connectivity index (χ3v) is 4.05. The van der Waals surface area contributed by atoms with E-state index in [-0.39, 0.29) is 0 Å². The van der Waals surface area contributed by atoms with Gasteiger partial charge in [-0.3, -0.25) is 0 Å². The number of benzene rings is 2. The Morgan fingerprint density at radius 1 is 0.870 bits per heavy atom. The van der Waals surface area contributed by atoms with Gasteiger partial charge in [0.15, 0.2) is 0 Å². The summed E-state index contributed by atoms with van der Waals surface area (Å²) in [6.07, 6.45) is 5.44. The lowest BCUT2D eigenvalue weighted by Crippen LogP contribution is -1.88. The van der Waals surface area contributed by atoms with Gasteiger partial charge >= 0.3 is 0 Å². The first kappa shape index (κ1) is 17.0. The number of aryl methyl sites for hydroxylation is 2. The molecule has 2 aromatic carbocycles. The van der Waals surface area contributed by atoms with Crippen LogP contribution in [0, 0.1) is 13.8 Å². The average molecular weight is 302 g/mol. The van der Waals surface area contributed by atoms with Crippen molar-refractivity contribution in [1.29, 1.82) is 0 Å². The van der Waals surface area contributed by atoms with Crippen molar-refractivity contribution in [2.24, 2.45) is 0 Å². The molecule has 0 amide bonds. The van der Waals surface area contributed by atoms with Crippen LogP contribution < -0.4 is 0 Å². The second-order valence-corrected chi connectivity index (χ2v) is 6.32. The van der Waals surface area contributed by atoms with E-state index in [0.717, 1.165) is 12.0 Å². The summed E-state index contributed by atoms with van der Waals surface area (Å²) in [5, 5.41) is 0. The zero-order chi connectivity index (χ0) is 16.8. The third kappa shape index (κ3) is 5.10. The van der Waals surface area contributed by atoms with Gasteiger partial charge in [-0.1, -0.05) is 84.0 Å². The van der Waals surface area contributed by atoms with Gasteiger partial charge in [-0.05, 0) is 56.4 Å². The molecule has 0 aliphatic carbocycles. The minimum absolute atomic E-state index is 0.931. The van der Waals surface area contributed by atoms with E-state index in [0.29, 0.717) is 0 Å². The number of hydrogen-bond donors (Lipinski definition) is 0. The highest BCUT2D eigenvalue weighted by atomic mass is 14.1. The Balaban J connectivity index is 2.21. The van der Waals surface area contributed by atoms with Gasteiger partial charge in [0.05, 0.1) is 0 Å². The highest BCUT2D eigenvalue weighted by Crippen LogP contribution is 2.20. The molecule has 0 saturated heterocycles. The fourth-order valence-electron chi connectivity index (χ4n) is 2.44. The van der Waals surface area contributed by atoms with Crippen molar-refractivity contribution in [3.63, 3.8) is 0 Å². The summed E-state index contributed by atoms with van der Waals surface area (Å²) in [7, 11) is 0. The van der Waals surface area contributed by atoms with Crippen molar-refractivity contribution in [3.05, 3.63) is 101 Å². The molecule has 0 N–H and O–H groups in total. The molecule has 2 aromatic rings. The van der Waals surface area contributed by atoms with E-state index in [9.17, 15) is 0 Å². The quantitative estimate of drug-likeness (QED) is 0.557. The highest BCUT2D eigenvalue weighted by molar-refractivity contribution is 5.68. The van der Waals surface area contributed by atoms with Crippen molar-refractivity contribution in [2.75, 3.05) is 0 Å². The minimum atomic E-state index is 0.931. The van der Waals surface area contributed by atoms with Gasteiger partial charge in [0.25, 0.3) is 0 Å². The molecule has 0 saturated carbocycles. The molecule has 0 aliphatic heterocycles. The Bertz CT molecular complexity index is 723. The van der Waals surface area contributed by atoms with Crippen LogP contribution in [0.5, 0.6) is 0 Å². The molecule has 0 spiro atoms. The summed E-state index contributed by atoms with van der Waals surface area (Å²) < 4.78 is 0. The van der Waals surface area contributed by atoms with Crippen LogP contribution in [-0.2, 0) is 6.42 Å². The molecule has 0 heteroatoms. The first-order valence-corrected chi connectivity index (χ1v) is 8.12. The molecule has 2 rings (SSSR count). The monoisotopic (exact) mass is 302 g/mol. The molecule has 0 fully saturated rings. The molecule has 0 unspecified atom stereocenters. The maximum atomic E-state index is 4.13. The topological polar surface area (TPSA) is 0 Å². The van der Waals surface area contributed by atoms with E-state index in [2.05, 4.69) is 95.0 Å². The van der Waals surface area contributed by atoms with Crippen LogP contribution >= 0.6 is 0 Å². The predicted molar refractivity (Wildman–Crippen MR) is 103 cm³/mol. The first-order valence-electron chi connectivity index (χ1n) is 8.12. The second-order valence-electron chi connectivity index (χ2n) is 6.32. The lowest BCUT2D eigenvalue weighted by atomic mass is 9.99. The van der Waals surface area contributed by atoms with Gasteiger partial charge in [0.1, 0.15) is 0 Å². The molecule has 23 heavy (non-hydrogen) atoms. The SMILES string of the molecule is C=C(C)C(=C/Cc1ccc(C)cc1)/C=C(\C)c1ccc(C)cc1. The van der Waals surface area contributed by atoms with Crippen molar-refractivity contribution in [3.8, 4) is 0 Å². The third-order valence-electron chi connectivity index (χ3n) is 4.05. The maximum absolute atomic E-state index is 4.13. The normalized spacial score (nSPS) is 12.3. The lowest BCUT2D eigenvalue weighted by Gasteiger charge is -2.07. The molecule has 0 nitrogen and oxygen atoms in total. The summed E-state index contributed by atoms with van der Waals surface area (Å²) in [5.41, 5.74) is 8.76. The molecular weight excluding hydrogens is 276 g/mol. The Morgan fingerprint density at radius 2 is 1.39 bits per heavy atom. The molecule has 0 aromatic heterocycles. The van der Waals surface area contributed by atoms with E-state index >= 15 is 0 Å². The van der Waals surface area contributed by atoms with Gasteiger partial charge in [-0.15, -0.1) is 0 Å². The van der Waals surface area contributed by atoms with E-state index in [1.807, 2.05) is 0 Å². The molecule has 118 valence electrons. The zero-order valence-electron chi connectivity index (χ0n) is 14.7. The van der Waals surface area contributed by atoms with Crippen LogP contribution in [0.3, 0.4) is 0 Å². The van der Waals surface area contributed by atoms with Crippen molar-refractivity contribution in [2.45, 2.75) is 34.1 Å². The fraction of sp³-hybridized carbons (Fsp3) is 0.217. The van der Waals surface area contributed by atoms with Crippen molar-refractivity contribution in [1.82, 2.24) is 0 Å². The predicted octanol–water partition coefficient (Wildman–Crippen LogP) is 6.45. The molecule has 0 atom stereocenters.